The van der Waals surface area contributed by atoms with Gasteiger partial charge in [-0.05, 0) is 57.7 Å². The van der Waals surface area contributed by atoms with Crippen LogP contribution < -0.4 is 5.32 Å². The van der Waals surface area contributed by atoms with Gasteiger partial charge in [0, 0.05) is 24.7 Å². The number of likely N-dealkylation sites (tertiary alicyclic amines) is 1. The molecule has 0 bridgehead atoms. The predicted octanol–water partition coefficient (Wildman–Crippen LogP) is 3.69. The Labute approximate surface area is 135 Å². The van der Waals surface area contributed by atoms with Crippen LogP contribution in [0, 0.1) is 13.8 Å². The lowest BCUT2D eigenvalue weighted by Gasteiger charge is -2.35. The van der Waals surface area contributed by atoms with Crippen molar-refractivity contribution in [3.8, 4) is 0 Å². The second-order valence-corrected chi connectivity index (χ2v) is 6.52. The number of aryl methyl sites for hydroxylation is 2. The molecule has 1 aliphatic heterocycles. The van der Waals surface area contributed by atoms with Crippen LogP contribution in [0.2, 0.25) is 0 Å². The van der Waals surface area contributed by atoms with E-state index in [1.165, 1.54) is 32.2 Å². The summed E-state index contributed by atoms with van der Waals surface area (Å²) < 4.78 is 0. The molecule has 0 aromatic heterocycles. The zero-order chi connectivity index (χ0) is 15.9. The molecule has 2 rings (SSSR count). The van der Waals surface area contributed by atoms with Crippen LogP contribution in [0.25, 0.3) is 0 Å². The molecule has 0 aliphatic carbocycles. The molecule has 1 aromatic rings. The molecule has 1 saturated heterocycles. The minimum absolute atomic E-state index is 0.0619. The molecule has 1 heterocycles. The molecule has 0 spiro atoms. The normalized spacial score (nSPS) is 19.1. The first-order chi connectivity index (χ1) is 10.6. The molecule has 122 valence electrons. The summed E-state index contributed by atoms with van der Waals surface area (Å²) in [6.07, 6.45) is 6.32. The summed E-state index contributed by atoms with van der Waals surface area (Å²) in [6, 6.07) is 6.79. The van der Waals surface area contributed by atoms with Crippen molar-refractivity contribution >= 4 is 5.91 Å². The van der Waals surface area contributed by atoms with Crippen molar-refractivity contribution in [3.63, 3.8) is 0 Å². The van der Waals surface area contributed by atoms with E-state index in [4.69, 9.17) is 0 Å². The molecule has 1 atom stereocenters. The van der Waals surface area contributed by atoms with E-state index in [0.717, 1.165) is 42.2 Å². The van der Waals surface area contributed by atoms with E-state index in [9.17, 15) is 4.79 Å². The van der Waals surface area contributed by atoms with Crippen molar-refractivity contribution in [1.82, 2.24) is 10.2 Å². The first-order valence-electron chi connectivity index (χ1n) is 8.71. The Morgan fingerprint density at radius 1 is 1.32 bits per heavy atom. The Bertz CT molecular complexity index is 498. The Kier molecular flexibility index (Phi) is 6.44. The average molecular weight is 302 g/mol. The van der Waals surface area contributed by atoms with E-state index >= 15 is 0 Å². The van der Waals surface area contributed by atoms with Crippen LogP contribution in [0.5, 0.6) is 0 Å². The molecule has 3 nitrogen and oxygen atoms in total. The lowest BCUT2D eigenvalue weighted by molar-refractivity contribution is 0.0946. The molecule has 0 radical (unpaired) electrons. The Morgan fingerprint density at radius 2 is 2.14 bits per heavy atom. The first-order valence-corrected chi connectivity index (χ1v) is 8.71. The topological polar surface area (TPSA) is 32.3 Å². The molecule has 1 fully saturated rings. The van der Waals surface area contributed by atoms with Crippen LogP contribution in [0.15, 0.2) is 18.2 Å². The zero-order valence-electron chi connectivity index (χ0n) is 14.3. The van der Waals surface area contributed by atoms with Crippen LogP contribution in [0.1, 0.15) is 60.5 Å². The highest BCUT2D eigenvalue weighted by molar-refractivity contribution is 5.95. The van der Waals surface area contributed by atoms with Gasteiger partial charge in [-0.1, -0.05) is 31.0 Å². The number of benzene rings is 1. The van der Waals surface area contributed by atoms with Gasteiger partial charge in [-0.25, -0.2) is 0 Å². The van der Waals surface area contributed by atoms with Gasteiger partial charge in [-0.15, -0.1) is 0 Å². The Morgan fingerprint density at radius 3 is 2.91 bits per heavy atom. The van der Waals surface area contributed by atoms with Gasteiger partial charge < -0.3 is 10.2 Å². The van der Waals surface area contributed by atoms with Gasteiger partial charge in [0.1, 0.15) is 0 Å². The van der Waals surface area contributed by atoms with Crippen molar-refractivity contribution in [2.24, 2.45) is 0 Å². The fourth-order valence-electron chi connectivity index (χ4n) is 3.38. The van der Waals surface area contributed by atoms with Crippen LogP contribution in [-0.4, -0.2) is 36.5 Å². The minimum Gasteiger partial charge on any atom is -0.352 e. The van der Waals surface area contributed by atoms with Gasteiger partial charge >= 0.3 is 0 Å². The van der Waals surface area contributed by atoms with E-state index in [2.05, 4.69) is 17.1 Å². The lowest BCUT2D eigenvalue weighted by Crippen LogP contribution is -2.40. The van der Waals surface area contributed by atoms with Crippen molar-refractivity contribution in [3.05, 3.63) is 34.9 Å². The predicted molar refractivity (Wildman–Crippen MR) is 92.4 cm³/mol. The number of nitrogens with one attached hydrogen (secondary N) is 1. The maximum absolute atomic E-state index is 12.3. The third-order valence-electron chi connectivity index (χ3n) is 4.77. The fraction of sp³-hybridized carbons (Fsp3) is 0.632. The summed E-state index contributed by atoms with van der Waals surface area (Å²) in [5, 5.41) is 3.07. The second kappa shape index (κ2) is 8.33. The number of carbonyl (C=O) groups excluding carboxylic acids is 1. The van der Waals surface area contributed by atoms with Crippen LogP contribution >= 0.6 is 0 Å². The van der Waals surface area contributed by atoms with Gasteiger partial charge in [0.2, 0.25) is 0 Å². The molecule has 1 aliphatic rings. The number of amides is 1. The van der Waals surface area contributed by atoms with E-state index in [1.54, 1.807) is 0 Å². The van der Waals surface area contributed by atoms with E-state index in [0.29, 0.717) is 0 Å². The standard InChI is InChI=1S/C19H30N2O/c1-4-17-8-5-6-12-21(17)13-7-11-20-19(22)18-14-15(2)9-10-16(18)3/h9-10,14,17H,4-8,11-13H2,1-3H3,(H,20,22)/t17-/m0/s1. The zero-order valence-corrected chi connectivity index (χ0v) is 14.3. The molecule has 1 amide bonds. The number of rotatable bonds is 6. The Hall–Kier alpha value is -1.35. The minimum atomic E-state index is 0.0619. The summed E-state index contributed by atoms with van der Waals surface area (Å²) in [5.74, 6) is 0.0619. The van der Waals surface area contributed by atoms with E-state index in [-0.39, 0.29) is 5.91 Å². The quantitative estimate of drug-likeness (QED) is 0.813. The molecule has 1 aromatic carbocycles. The fourth-order valence-corrected chi connectivity index (χ4v) is 3.38. The van der Waals surface area contributed by atoms with E-state index < -0.39 is 0 Å². The highest BCUT2D eigenvalue weighted by Gasteiger charge is 2.19. The molecule has 0 saturated carbocycles. The summed E-state index contributed by atoms with van der Waals surface area (Å²) in [7, 11) is 0. The molecular weight excluding hydrogens is 272 g/mol. The van der Waals surface area contributed by atoms with Crippen molar-refractivity contribution in [2.75, 3.05) is 19.6 Å². The van der Waals surface area contributed by atoms with E-state index in [1.807, 2.05) is 32.0 Å². The van der Waals surface area contributed by atoms with Crippen LogP contribution in [0.3, 0.4) is 0 Å². The summed E-state index contributed by atoms with van der Waals surface area (Å²) in [6.45, 7) is 9.39. The van der Waals surface area contributed by atoms with Gasteiger partial charge in [0.25, 0.3) is 5.91 Å². The highest BCUT2D eigenvalue weighted by atomic mass is 16.1. The SMILES string of the molecule is CC[C@H]1CCCCN1CCCNC(=O)c1cc(C)ccc1C. The Balaban J connectivity index is 1.76. The summed E-state index contributed by atoms with van der Waals surface area (Å²) >= 11 is 0. The first kappa shape index (κ1) is 17.0. The molecule has 0 unspecified atom stereocenters. The maximum Gasteiger partial charge on any atom is 0.251 e. The number of hydrogen-bond acceptors (Lipinski definition) is 2. The average Bonchev–Trinajstić information content (AvgIpc) is 2.54. The van der Waals surface area contributed by atoms with Gasteiger partial charge in [0.05, 0.1) is 0 Å². The number of carbonyl (C=O) groups is 1. The van der Waals surface area contributed by atoms with Crippen LogP contribution in [0.4, 0.5) is 0 Å². The molecular formula is C19H30N2O. The molecule has 3 heteroatoms. The lowest BCUT2D eigenvalue weighted by atomic mass is 10.00. The third kappa shape index (κ3) is 4.57. The third-order valence-corrected chi connectivity index (χ3v) is 4.77. The van der Waals surface area contributed by atoms with Crippen molar-refractivity contribution in [2.45, 2.75) is 58.9 Å². The summed E-state index contributed by atoms with van der Waals surface area (Å²) in [5.41, 5.74) is 2.99. The van der Waals surface area contributed by atoms with Crippen molar-refractivity contribution in [1.29, 1.82) is 0 Å². The van der Waals surface area contributed by atoms with Crippen molar-refractivity contribution < 1.29 is 4.79 Å². The van der Waals surface area contributed by atoms with Crippen LogP contribution in [-0.2, 0) is 0 Å². The monoisotopic (exact) mass is 302 g/mol. The largest absolute Gasteiger partial charge is 0.352 e. The second-order valence-electron chi connectivity index (χ2n) is 6.52. The van der Waals surface area contributed by atoms with Gasteiger partial charge in [-0.3, -0.25) is 4.79 Å². The smallest absolute Gasteiger partial charge is 0.251 e. The molecule has 1 N–H and O–H groups in total. The van der Waals surface area contributed by atoms with Gasteiger partial charge in [0.15, 0.2) is 0 Å². The number of piperidine rings is 1. The maximum atomic E-state index is 12.3. The molecule has 22 heavy (non-hydrogen) atoms. The summed E-state index contributed by atoms with van der Waals surface area (Å²) in [4.78, 5) is 14.9. The number of nitrogens with zero attached hydrogens (tertiary/aromatic N) is 1. The number of hydrogen-bond donors (Lipinski definition) is 1. The van der Waals surface area contributed by atoms with Gasteiger partial charge in [-0.2, -0.15) is 0 Å². The highest BCUT2D eigenvalue weighted by Crippen LogP contribution is 2.19.